The number of aliphatic imine (C=N–C) groups is 1. The van der Waals surface area contributed by atoms with Gasteiger partial charge in [0.05, 0.1) is 0 Å². The quantitative estimate of drug-likeness (QED) is 0.578. The number of nitrogens with zero attached hydrogens (tertiary/aromatic N) is 2. The molecule has 0 spiro atoms. The third-order valence-corrected chi connectivity index (χ3v) is 7.52. The normalized spacial score (nSPS) is 24.9. The van der Waals surface area contributed by atoms with Crippen molar-refractivity contribution in [2.24, 2.45) is 4.99 Å². The van der Waals surface area contributed by atoms with E-state index in [1.807, 2.05) is 14.0 Å². The molecule has 27 heavy (non-hydrogen) atoms. The predicted octanol–water partition coefficient (Wildman–Crippen LogP) is 2.29. The molecule has 0 amide bonds. The van der Waals surface area contributed by atoms with Crippen molar-refractivity contribution in [3.05, 3.63) is 35.4 Å². The largest absolute Gasteiger partial charge is 0.355 e. The van der Waals surface area contributed by atoms with Crippen LogP contribution in [0.3, 0.4) is 0 Å². The first-order chi connectivity index (χ1) is 13.2. The summed E-state index contributed by atoms with van der Waals surface area (Å²) in [5.74, 6) is 1.64. The summed E-state index contributed by atoms with van der Waals surface area (Å²) in [6.45, 7) is 6.09. The van der Waals surface area contributed by atoms with Gasteiger partial charge in [-0.15, -0.1) is 0 Å². The Labute approximate surface area is 166 Å². The molecule has 3 rings (SSSR count). The van der Waals surface area contributed by atoms with E-state index >= 15 is 0 Å². The molecule has 2 N–H and O–H groups in total. The maximum absolute atomic E-state index is 12.1. The van der Waals surface area contributed by atoms with Crippen molar-refractivity contribution in [3.63, 3.8) is 0 Å². The van der Waals surface area contributed by atoms with Gasteiger partial charge < -0.3 is 10.6 Å². The molecule has 1 aliphatic carbocycles. The average Bonchev–Trinajstić information content (AvgIpc) is 2.72. The zero-order chi connectivity index (χ0) is 19.1. The molecule has 0 radical (unpaired) electrons. The number of rotatable bonds is 6. The molecule has 6 heteroatoms. The van der Waals surface area contributed by atoms with E-state index < -0.39 is 10.8 Å². The van der Waals surface area contributed by atoms with Gasteiger partial charge in [0.1, 0.15) is 0 Å². The summed E-state index contributed by atoms with van der Waals surface area (Å²) < 4.78 is 12.1. The van der Waals surface area contributed by atoms with Gasteiger partial charge in [0, 0.05) is 61.1 Å². The number of guanidine groups is 1. The maximum atomic E-state index is 12.1. The molecule has 5 nitrogen and oxygen atoms in total. The van der Waals surface area contributed by atoms with Crippen LogP contribution in [0.25, 0.3) is 0 Å². The molecular weight excluding hydrogens is 356 g/mol. The standard InChI is InChI=1S/C21H34N4OS/c1-3-27(26)20-10-6-9-19(15-20)24-21(22-2)23-12-14-25-13-11-17-7-4-5-8-18(17)16-25/h4-5,7-8,19-20H,3,6,9-16H2,1-2H3,(H2,22,23,24). The van der Waals surface area contributed by atoms with E-state index in [4.69, 9.17) is 0 Å². The fourth-order valence-electron chi connectivity index (χ4n) is 4.22. The minimum atomic E-state index is -0.685. The van der Waals surface area contributed by atoms with Gasteiger partial charge >= 0.3 is 0 Å². The summed E-state index contributed by atoms with van der Waals surface area (Å²) in [4.78, 5) is 6.89. The Morgan fingerprint density at radius 1 is 1.30 bits per heavy atom. The minimum Gasteiger partial charge on any atom is -0.355 e. The first-order valence-electron chi connectivity index (χ1n) is 10.3. The van der Waals surface area contributed by atoms with Gasteiger partial charge in [-0.2, -0.15) is 0 Å². The lowest BCUT2D eigenvalue weighted by Crippen LogP contribution is -2.48. The second kappa shape index (κ2) is 10.2. The minimum absolute atomic E-state index is 0.341. The fraction of sp³-hybridized carbons (Fsp3) is 0.667. The highest BCUT2D eigenvalue weighted by atomic mass is 32.2. The Morgan fingerprint density at radius 2 is 2.11 bits per heavy atom. The van der Waals surface area contributed by atoms with Crippen molar-refractivity contribution < 1.29 is 4.21 Å². The SMILES string of the molecule is CCS(=O)C1CCCC(NC(=NC)NCCN2CCc3ccccc3C2)C1. The maximum Gasteiger partial charge on any atom is 0.191 e. The van der Waals surface area contributed by atoms with E-state index in [1.165, 1.54) is 11.1 Å². The van der Waals surface area contributed by atoms with Crippen LogP contribution in [-0.4, -0.2) is 58.8 Å². The third-order valence-electron chi connectivity index (χ3n) is 5.78. The number of benzene rings is 1. The summed E-state index contributed by atoms with van der Waals surface area (Å²) >= 11 is 0. The van der Waals surface area contributed by atoms with E-state index in [0.717, 1.165) is 70.0 Å². The second-order valence-corrected chi connectivity index (χ2v) is 9.60. The average molecular weight is 391 g/mol. The predicted molar refractivity (Wildman–Crippen MR) is 115 cm³/mol. The van der Waals surface area contributed by atoms with Gasteiger partial charge in [-0.1, -0.05) is 37.6 Å². The molecule has 3 unspecified atom stereocenters. The van der Waals surface area contributed by atoms with Crippen LogP contribution in [0, 0.1) is 0 Å². The van der Waals surface area contributed by atoms with Crippen molar-refractivity contribution in [2.75, 3.05) is 32.4 Å². The Hall–Kier alpha value is -1.40. The van der Waals surface area contributed by atoms with Crippen molar-refractivity contribution in [1.29, 1.82) is 0 Å². The van der Waals surface area contributed by atoms with Crippen molar-refractivity contribution in [1.82, 2.24) is 15.5 Å². The van der Waals surface area contributed by atoms with E-state index in [-0.39, 0.29) is 0 Å². The molecule has 2 aliphatic rings. The van der Waals surface area contributed by atoms with Gasteiger partial charge in [-0.3, -0.25) is 14.1 Å². The first kappa shape index (κ1) is 20.3. The molecule has 1 aromatic rings. The highest BCUT2D eigenvalue weighted by Gasteiger charge is 2.26. The summed E-state index contributed by atoms with van der Waals surface area (Å²) in [5.41, 5.74) is 2.96. The van der Waals surface area contributed by atoms with E-state index in [1.54, 1.807) is 0 Å². The van der Waals surface area contributed by atoms with Crippen LogP contribution in [0.2, 0.25) is 0 Å². The van der Waals surface area contributed by atoms with Gasteiger partial charge in [-0.05, 0) is 36.8 Å². The van der Waals surface area contributed by atoms with Crippen LogP contribution in [-0.2, 0) is 23.8 Å². The van der Waals surface area contributed by atoms with Crippen LogP contribution in [0.15, 0.2) is 29.3 Å². The summed E-state index contributed by atoms with van der Waals surface area (Å²) in [6, 6.07) is 9.15. The Morgan fingerprint density at radius 3 is 2.89 bits per heavy atom. The highest BCUT2D eigenvalue weighted by Crippen LogP contribution is 2.23. The smallest absolute Gasteiger partial charge is 0.191 e. The van der Waals surface area contributed by atoms with Gasteiger partial charge in [0.15, 0.2) is 5.96 Å². The summed E-state index contributed by atoms with van der Waals surface area (Å²) in [6.07, 6.45) is 5.52. The number of fused-ring (bicyclic) bond motifs is 1. The van der Waals surface area contributed by atoms with Crippen LogP contribution in [0.5, 0.6) is 0 Å². The van der Waals surface area contributed by atoms with E-state index in [2.05, 4.69) is 44.8 Å². The van der Waals surface area contributed by atoms with Gasteiger partial charge in [0.2, 0.25) is 0 Å². The zero-order valence-corrected chi connectivity index (χ0v) is 17.6. The topological polar surface area (TPSA) is 56.7 Å². The second-order valence-electron chi connectivity index (χ2n) is 7.59. The van der Waals surface area contributed by atoms with Crippen molar-refractivity contribution >= 4 is 16.8 Å². The molecular formula is C21H34N4OS. The molecule has 0 aromatic heterocycles. The molecule has 3 atom stereocenters. The van der Waals surface area contributed by atoms with Crippen molar-refractivity contribution in [2.45, 2.75) is 56.9 Å². The highest BCUT2D eigenvalue weighted by molar-refractivity contribution is 7.85. The van der Waals surface area contributed by atoms with E-state index in [0.29, 0.717) is 11.3 Å². The Bertz CT molecular complexity index is 663. The first-order valence-corrected chi connectivity index (χ1v) is 11.7. The monoisotopic (exact) mass is 390 g/mol. The van der Waals surface area contributed by atoms with Gasteiger partial charge in [0.25, 0.3) is 0 Å². The zero-order valence-electron chi connectivity index (χ0n) is 16.7. The lowest BCUT2D eigenvalue weighted by atomic mass is 9.95. The molecule has 1 heterocycles. The number of hydrogen-bond acceptors (Lipinski definition) is 3. The van der Waals surface area contributed by atoms with Crippen LogP contribution < -0.4 is 10.6 Å². The Balaban J connectivity index is 1.41. The van der Waals surface area contributed by atoms with Crippen LogP contribution in [0.1, 0.15) is 43.7 Å². The molecule has 1 saturated carbocycles. The van der Waals surface area contributed by atoms with Crippen molar-refractivity contribution in [3.8, 4) is 0 Å². The molecule has 1 fully saturated rings. The third kappa shape index (κ3) is 5.79. The van der Waals surface area contributed by atoms with Crippen LogP contribution >= 0.6 is 0 Å². The summed E-state index contributed by atoms with van der Waals surface area (Å²) in [7, 11) is 1.15. The lowest BCUT2D eigenvalue weighted by molar-refractivity contribution is 0.258. The number of hydrogen-bond donors (Lipinski definition) is 2. The fourth-order valence-corrected chi connectivity index (χ4v) is 5.56. The molecule has 1 aliphatic heterocycles. The van der Waals surface area contributed by atoms with E-state index in [9.17, 15) is 4.21 Å². The molecule has 0 saturated heterocycles. The molecule has 150 valence electrons. The van der Waals surface area contributed by atoms with Gasteiger partial charge in [-0.25, -0.2) is 0 Å². The lowest BCUT2D eigenvalue weighted by Gasteiger charge is -2.31. The Kier molecular flexibility index (Phi) is 7.70. The number of nitrogens with one attached hydrogen (secondary N) is 2. The molecule has 1 aromatic carbocycles. The summed E-state index contributed by atoms with van der Waals surface area (Å²) in [5, 5.41) is 7.36. The molecule has 0 bridgehead atoms. The van der Waals surface area contributed by atoms with Crippen LogP contribution in [0.4, 0.5) is 0 Å².